The predicted molar refractivity (Wildman–Crippen MR) is 61.2 cm³/mol. The van der Waals surface area contributed by atoms with E-state index in [1.807, 2.05) is 0 Å². The SMILES string of the molecule is COc1ncc(Cl)cc1-c1cccc(F)c1F. The highest BCUT2D eigenvalue weighted by atomic mass is 35.5. The van der Waals surface area contributed by atoms with Gasteiger partial charge in [0.2, 0.25) is 5.88 Å². The summed E-state index contributed by atoms with van der Waals surface area (Å²) in [7, 11) is 1.40. The molecule has 0 radical (unpaired) electrons. The van der Waals surface area contributed by atoms with E-state index >= 15 is 0 Å². The first-order chi connectivity index (χ1) is 8.13. The molecule has 0 N–H and O–H groups in total. The first-order valence-corrected chi connectivity index (χ1v) is 5.15. The van der Waals surface area contributed by atoms with E-state index in [-0.39, 0.29) is 11.4 Å². The molecule has 17 heavy (non-hydrogen) atoms. The Labute approximate surface area is 102 Å². The Morgan fingerprint density at radius 1 is 1.24 bits per heavy atom. The first kappa shape index (κ1) is 11.8. The van der Waals surface area contributed by atoms with E-state index < -0.39 is 11.6 Å². The molecule has 0 atom stereocenters. The van der Waals surface area contributed by atoms with Gasteiger partial charge in [-0.25, -0.2) is 13.8 Å². The number of nitrogens with zero attached hydrogens (tertiary/aromatic N) is 1. The van der Waals surface area contributed by atoms with Crippen molar-refractivity contribution in [1.29, 1.82) is 0 Å². The molecule has 0 bridgehead atoms. The maximum absolute atomic E-state index is 13.6. The fourth-order valence-corrected chi connectivity index (χ4v) is 1.65. The minimum atomic E-state index is -0.949. The van der Waals surface area contributed by atoms with E-state index in [0.29, 0.717) is 10.6 Å². The second kappa shape index (κ2) is 4.67. The Hall–Kier alpha value is -1.68. The van der Waals surface area contributed by atoms with Gasteiger partial charge in [0.25, 0.3) is 0 Å². The molecule has 0 spiro atoms. The van der Waals surface area contributed by atoms with Crippen LogP contribution in [0, 0.1) is 11.6 Å². The van der Waals surface area contributed by atoms with Crippen molar-refractivity contribution in [3.63, 3.8) is 0 Å². The van der Waals surface area contributed by atoms with Gasteiger partial charge in [0.1, 0.15) is 0 Å². The number of halogens is 3. The molecule has 0 amide bonds. The van der Waals surface area contributed by atoms with Gasteiger partial charge >= 0.3 is 0 Å². The molecule has 0 fully saturated rings. The molecule has 1 heterocycles. The Balaban J connectivity index is 2.67. The number of benzene rings is 1. The van der Waals surface area contributed by atoms with Crippen LogP contribution in [0.5, 0.6) is 5.88 Å². The molecule has 2 nitrogen and oxygen atoms in total. The second-order valence-corrected chi connectivity index (χ2v) is 3.75. The third-order valence-electron chi connectivity index (χ3n) is 2.25. The van der Waals surface area contributed by atoms with E-state index in [1.54, 1.807) is 0 Å². The van der Waals surface area contributed by atoms with Crippen LogP contribution >= 0.6 is 11.6 Å². The summed E-state index contributed by atoms with van der Waals surface area (Å²) in [6.45, 7) is 0. The van der Waals surface area contributed by atoms with Crippen molar-refractivity contribution < 1.29 is 13.5 Å². The van der Waals surface area contributed by atoms with E-state index in [0.717, 1.165) is 6.07 Å². The van der Waals surface area contributed by atoms with Crippen molar-refractivity contribution in [1.82, 2.24) is 4.98 Å². The van der Waals surface area contributed by atoms with E-state index in [4.69, 9.17) is 16.3 Å². The summed E-state index contributed by atoms with van der Waals surface area (Å²) in [6.07, 6.45) is 1.38. The Morgan fingerprint density at radius 2 is 2.00 bits per heavy atom. The number of hydrogen-bond donors (Lipinski definition) is 0. The Kier molecular flexibility index (Phi) is 3.24. The molecule has 2 aromatic rings. The van der Waals surface area contributed by atoms with Gasteiger partial charge in [-0.05, 0) is 12.1 Å². The van der Waals surface area contributed by atoms with Crippen LogP contribution in [0.25, 0.3) is 11.1 Å². The van der Waals surface area contributed by atoms with Gasteiger partial charge < -0.3 is 4.74 Å². The molecule has 1 aromatic heterocycles. The molecule has 88 valence electrons. The highest BCUT2D eigenvalue weighted by Gasteiger charge is 2.15. The molecule has 5 heteroatoms. The number of pyridine rings is 1. The summed E-state index contributed by atoms with van der Waals surface area (Å²) >= 11 is 5.78. The lowest BCUT2D eigenvalue weighted by Crippen LogP contribution is -1.95. The smallest absolute Gasteiger partial charge is 0.221 e. The number of hydrogen-bond acceptors (Lipinski definition) is 2. The number of rotatable bonds is 2. The average molecular weight is 256 g/mol. The zero-order chi connectivity index (χ0) is 12.4. The van der Waals surface area contributed by atoms with Crippen LogP contribution < -0.4 is 4.74 Å². The van der Waals surface area contributed by atoms with Crippen LogP contribution in [0.4, 0.5) is 8.78 Å². The van der Waals surface area contributed by atoms with Gasteiger partial charge in [0.05, 0.1) is 12.1 Å². The average Bonchev–Trinajstić information content (AvgIpc) is 2.33. The predicted octanol–water partition coefficient (Wildman–Crippen LogP) is 3.69. The van der Waals surface area contributed by atoms with Crippen molar-refractivity contribution in [3.8, 4) is 17.0 Å². The summed E-state index contributed by atoms with van der Waals surface area (Å²) in [5, 5.41) is 0.324. The molecular formula is C12H8ClF2NO. The third kappa shape index (κ3) is 2.22. The number of methoxy groups -OCH3 is 1. The summed E-state index contributed by atoms with van der Waals surface area (Å²) in [6, 6.07) is 5.37. The molecule has 0 aliphatic rings. The fraction of sp³-hybridized carbons (Fsp3) is 0.0833. The lowest BCUT2D eigenvalue weighted by Gasteiger charge is -2.08. The maximum Gasteiger partial charge on any atom is 0.221 e. The zero-order valence-electron chi connectivity index (χ0n) is 8.88. The van der Waals surface area contributed by atoms with Crippen LogP contribution in [0.3, 0.4) is 0 Å². The molecule has 0 saturated carbocycles. The van der Waals surface area contributed by atoms with Crippen molar-refractivity contribution >= 4 is 11.6 Å². The van der Waals surface area contributed by atoms with Crippen LogP contribution in [-0.2, 0) is 0 Å². The summed E-state index contributed by atoms with van der Waals surface area (Å²) in [5.41, 5.74) is 0.383. The minimum Gasteiger partial charge on any atom is -0.481 e. The van der Waals surface area contributed by atoms with E-state index in [2.05, 4.69) is 4.98 Å². The number of ether oxygens (including phenoxy) is 1. The molecule has 0 unspecified atom stereocenters. The quantitative estimate of drug-likeness (QED) is 0.817. The van der Waals surface area contributed by atoms with Gasteiger partial charge in [-0.1, -0.05) is 23.7 Å². The molecule has 0 aliphatic heterocycles. The Morgan fingerprint density at radius 3 is 2.71 bits per heavy atom. The normalized spacial score (nSPS) is 10.4. The fourth-order valence-electron chi connectivity index (χ4n) is 1.49. The molecule has 1 aromatic carbocycles. The molecule has 2 rings (SSSR count). The van der Waals surface area contributed by atoms with Gasteiger partial charge in [-0.15, -0.1) is 0 Å². The summed E-state index contributed by atoms with van der Waals surface area (Å²) in [4.78, 5) is 3.90. The van der Waals surface area contributed by atoms with Gasteiger partial charge in [-0.3, -0.25) is 0 Å². The molecular weight excluding hydrogens is 248 g/mol. The highest BCUT2D eigenvalue weighted by Crippen LogP contribution is 2.32. The van der Waals surface area contributed by atoms with Gasteiger partial charge in [0, 0.05) is 17.3 Å². The zero-order valence-corrected chi connectivity index (χ0v) is 9.63. The van der Waals surface area contributed by atoms with Crippen molar-refractivity contribution in [2.45, 2.75) is 0 Å². The lowest BCUT2D eigenvalue weighted by atomic mass is 10.1. The van der Waals surface area contributed by atoms with Gasteiger partial charge in [-0.2, -0.15) is 0 Å². The third-order valence-corrected chi connectivity index (χ3v) is 2.46. The first-order valence-electron chi connectivity index (χ1n) is 4.77. The van der Waals surface area contributed by atoms with Crippen LogP contribution in [0.1, 0.15) is 0 Å². The van der Waals surface area contributed by atoms with Crippen molar-refractivity contribution in [2.24, 2.45) is 0 Å². The molecule has 0 aliphatic carbocycles. The van der Waals surface area contributed by atoms with E-state index in [9.17, 15) is 8.78 Å². The summed E-state index contributed by atoms with van der Waals surface area (Å²) in [5.74, 6) is -1.68. The topological polar surface area (TPSA) is 22.1 Å². The van der Waals surface area contributed by atoms with Crippen LogP contribution in [0.15, 0.2) is 30.5 Å². The molecule has 0 saturated heterocycles. The monoisotopic (exact) mass is 255 g/mol. The van der Waals surface area contributed by atoms with Crippen LogP contribution in [-0.4, -0.2) is 12.1 Å². The highest BCUT2D eigenvalue weighted by molar-refractivity contribution is 6.30. The van der Waals surface area contributed by atoms with Crippen molar-refractivity contribution in [2.75, 3.05) is 7.11 Å². The maximum atomic E-state index is 13.6. The van der Waals surface area contributed by atoms with E-state index in [1.165, 1.54) is 31.5 Å². The summed E-state index contributed by atoms with van der Waals surface area (Å²) < 4.78 is 31.8. The van der Waals surface area contributed by atoms with Gasteiger partial charge in [0.15, 0.2) is 11.6 Å². The minimum absolute atomic E-state index is 0.0665. The standard InChI is InChI=1S/C12H8ClF2NO/c1-17-12-9(5-7(13)6-16-12)8-3-2-4-10(14)11(8)15/h2-6H,1H3. The largest absolute Gasteiger partial charge is 0.481 e. The lowest BCUT2D eigenvalue weighted by molar-refractivity contribution is 0.399. The van der Waals surface area contributed by atoms with Crippen molar-refractivity contribution in [3.05, 3.63) is 47.1 Å². The van der Waals surface area contributed by atoms with Crippen LogP contribution in [0.2, 0.25) is 5.02 Å². The second-order valence-electron chi connectivity index (χ2n) is 3.31. The Bertz CT molecular complexity index is 560. The number of aromatic nitrogens is 1.